The molecule has 2 aliphatic heterocycles. The SMILES string of the molecule is CCON1C(=O)C(c2ccccc2)C2(/C(=N/S(=O)(=O)c3ccc(C)cc3)Nc3ccccc32)C1c1ccccc1. The number of amidine groups is 1. The van der Waals surface area contributed by atoms with Crippen molar-refractivity contribution in [3.63, 3.8) is 0 Å². The molecule has 0 saturated carbocycles. The molecule has 0 bridgehead atoms. The third-order valence-electron chi connectivity index (χ3n) is 7.65. The highest BCUT2D eigenvalue weighted by molar-refractivity contribution is 7.90. The third-order valence-corrected chi connectivity index (χ3v) is 8.94. The molecule has 2 aliphatic rings. The van der Waals surface area contributed by atoms with Crippen molar-refractivity contribution in [3.8, 4) is 0 Å². The first-order valence-corrected chi connectivity index (χ1v) is 14.7. The van der Waals surface area contributed by atoms with Gasteiger partial charge < -0.3 is 5.32 Å². The van der Waals surface area contributed by atoms with Gasteiger partial charge in [-0.05, 0) is 48.7 Å². The van der Waals surface area contributed by atoms with Crippen molar-refractivity contribution in [2.45, 2.75) is 36.1 Å². The summed E-state index contributed by atoms with van der Waals surface area (Å²) in [4.78, 5) is 20.6. The summed E-state index contributed by atoms with van der Waals surface area (Å²) < 4.78 is 32.1. The summed E-state index contributed by atoms with van der Waals surface area (Å²) in [6.07, 6.45) is 0. The second-order valence-corrected chi connectivity index (χ2v) is 11.6. The monoisotopic (exact) mass is 551 g/mol. The van der Waals surface area contributed by atoms with Gasteiger partial charge in [-0.15, -0.1) is 4.40 Å². The normalized spacial score (nSPS) is 23.0. The molecular formula is C32H29N3O4S. The Morgan fingerprint density at radius 3 is 2.10 bits per heavy atom. The lowest BCUT2D eigenvalue weighted by atomic mass is 9.64. The zero-order valence-electron chi connectivity index (χ0n) is 22.2. The maximum Gasteiger partial charge on any atom is 0.283 e. The summed E-state index contributed by atoms with van der Waals surface area (Å²) in [6.45, 7) is 3.99. The van der Waals surface area contributed by atoms with Gasteiger partial charge in [0.25, 0.3) is 15.9 Å². The van der Waals surface area contributed by atoms with E-state index < -0.39 is 27.4 Å². The summed E-state index contributed by atoms with van der Waals surface area (Å²) in [5.41, 5.74) is 2.75. The Bertz CT molecular complexity index is 1690. The van der Waals surface area contributed by atoms with Gasteiger partial charge in [-0.1, -0.05) is 96.6 Å². The summed E-state index contributed by atoms with van der Waals surface area (Å²) in [6, 6.07) is 32.5. The van der Waals surface area contributed by atoms with Gasteiger partial charge in [0.05, 0.1) is 22.8 Å². The summed E-state index contributed by atoms with van der Waals surface area (Å²) in [5, 5.41) is 4.75. The molecule has 3 atom stereocenters. The highest BCUT2D eigenvalue weighted by Crippen LogP contribution is 2.61. The molecule has 1 spiro atoms. The van der Waals surface area contributed by atoms with Crippen molar-refractivity contribution in [2.75, 3.05) is 11.9 Å². The molecule has 4 aromatic carbocycles. The van der Waals surface area contributed by atoms with Gasteiger partial charge >= 0.3 is 0 Å². The summed E-state index contributed by atoms with van der Waals surface area (Å²) in [7, 11) is -4.15. The van der Waals surface area contributed by atoms with Crippen LogP contribution in [0, 0.1) is 6.92 Å². The number of amides is 1. The molecule has 3 unspecified atom stereocenters. The smallest absolute Gasteiger partial charge is 0.283 e. The lowest BCUT2D eigenvalue weighted by molar-refractivity contribution is -0.190. The topological polar surface area (TPSA) is 88.1 Å². The molecule has 1 saturated heterocycles. The fourth-order valence-electron chi connectivity index (χ4n) is 6.02. The minimum atomic E-state index is -4.15. The predicted octanol–water partition coefficient (Wildman–Crippen LogP) is 5.76. The van der Waals surface area contributed by atoms with E-state index in [0.717, 1.165) is 22.3 Å². The molecule has 6 rings (SSSR count). The van der Waals surface area contributed by atoms with Crippen LogP contribution in [0.15, 0.2) is 118 Å². The Balaban J connectivity index is 1.70. The van der Waals surface area contributed by atoms with Crippen LogP contribution in [0.2, 0.25) is 0 Å². The number of benzene rings is 4. The first kappa shape index (κ1) is 26.0. The molecule has 0 aliphatic carbocycles. The number of hydrogen-bond acceptors (Lipinski definition) is 4. The number of nitrogens with one attached hydrogen (secondary N) is 1. The van der Waals surface area contributed by atoms with E-state index in [4.69, 9.17) is 4.84 Å². The van der Waals surface area contributed by atoms with Crippen LogP contribution in [0.25, 0.3) is 0 Å². The summed E-state index contributed by atoms with van der Waals surface area (Å²) >= 11 is 0. The second-order valence-electron chi connectivity index (χ2n) is 10.0. The number of rotatable bonds is 6. The minimum Gasteiger partial charge on any atom is -0.342 e. The Morgan fingerprint density at radius 1 is 0.850 bits per heavy atom. The van der Waals surface area contributed by atoms with E-state index in [1.165, 1.54) is 5.06 Å². The first-order chi connectivity index (χ1) is 19.4. The van der Waals surface area contributed by atoms with Gasteiger partial charge in [-0.25, -0.2) is 5.06 Å². The van der Waals surface area contributed by atoms with Crippen LogP contribution < -0.4 is 5.32 Å². The highest BCUT2D eigenvalue weighted by atomic mass is 32.2. The number of sulfonamides is 1. The van der Waals surface area contributed by atoms with Crippen molar-refractivity contribution in [1.82, 2.24) is 5.06 Å². The number of carbonyl (C=O) groups excluding carboxylic acids is 1. The maximum absolute atomic E-state index is 14.4. The minimum absolute atomic E-state index is 0.0806. The molecule has 8 heteroatoms. The fourth-order valence-corrected chi connectivity index (χ4v) is 7.04. The second kappa shape index (κ2) is 10.0. The van der Waals surface area contributed by atoms with Crippen molar-refractivity contribution in [1.29, 1.82) is 0 Å². The number of aryl methyl sites for hydroxylation is 1. The molecule has 1 N–H and O–H groups in total. The van der Waals surface area contributed by atoms with E-state index >= 15 is 0 Å². The molecule has 1 fully saturated rings. The molecule has 1 amide bonds. The Kier molecular flexibility index (Phi) is 6.52. The number of anilines is 1. The molecule has 7 nitrogen and oxygen atoms in total. The third kappa shape index (κ3) is 4.03. The van der Waals surface area contributed by atoms with Crippen LogP contribution in [0.4, 0.5) is 5.69 Å². The van der Waals surface area contributed by atoms with Crippen LogP contribution in [0.3, 0.4) is 0 Å². The van der Waals surface area contributed by atoms with Gasteiger partial charge in [-0.2, -0.15) is 8.42 Å². The van der Waals surface area contributed by atoms with Gasteiger partial charge in [0.15, 0.2) is 0 Å². The van der Waals surface area contributed by atoms with Crippen LogP contribution in [0.5, 0.6) is 0 Å². The van der Waals surface area contributed by atoms with Crippen LogP contribution in [0.1, 0.15) is 41.1 Å². The van der Waals surface area contributed by atoms with Crippen molar-refractivity contribution < 1.29 is 18.0 Å². The molecule has 4 aromatic rings. The highest BCUT2D eigenvalue weighted by Gasteiger charge is 2.67. The molecule has 0 radical (unpaired) electrons. The predicted molar refractivity (Wildman–Crippen MR) is 154 cm³/mol. The fraction of sp³-hybridized carbons (Fsp3) is 0.188. The van der Waals surface area contributed by atoms with E-state index in [-0.39, 0.29) is 23.2 Å². The number of fused-ring (bicyclic) bond motifs is 2. The number of para-hydroxylation sites is 1. The van der Waals surface area contributed by atoms with E-state index in [1.54, 1.807) is 24.3 Å². The van der Waals surface area contributed by atoms with Crippen LogP contribution in [-0.2, 0) is 25.1 Å². The number of hydrogen-bond donors (Lipinski definition) is 1. The zero-order valence-corrected chi connectivity index (χ0v) is 23.0. The van der Waals surface area contributed by atoms with Gasteiger partial charge in [0.1, 0.15) is 11.9 Å². The van der Waals surface area contributed by atoms with Crippen molar-refractivity contribution in [2.24, 2.45) is 4.40 Å². The number of hydroxylamine groups is 2. The molecule has 2 heterocycles. The molecule has 40 heavy (non-hydrogen) atoms. The van der Waals surface area contributed by atoms with Crippen molar-refractivity contribution in [3.05, 3.63) is 131 Å². The summed E-state index contributed by atoms with van der Waals surface area (Å²) in [5.74, 6) is -0.887. The van der Waals surface area contributed by atoms with Crippen LogP contribution in [-0.4, -0.2) is 31.8 Å². The zero-order chi connectivity index (χ0) is 27.9. The average molecular weight is 552 g/mol. The van der Waals surface area contributed by atoms with Gasteiger partial charge in [0, 0.05) is 5.69 Å². The number of carbonyl (C=O) groups is 1. The quantitative estimate of drug-likeness (QED) is 0.329. The van der Waals surface area contributed by atoms with Gasteiger partial charge in [0.2, 0.25) is 0 Å². The van der Waals surface area contributed by atoms with E-state index in [9.17, 15) is 13.2 Å². The Labute approximate surface area is 234 Å². The van der Waals surface area contributed by atoms with E-state index in [2.05, 4.69) is 9.71 Å². The lowest BCUT2D eigenvalue weighted by Gasteiger charge is -2.37. The van der Waals surface area contributed by atoms with Crippen molar-refractivity contribution >= 4 is 27.5 Å². The lowest BCUT2D eigenvalue weighted by Crippen LogP contribution is -2.44. The standard InChI is InChI=1S/C32H29N3O4S/c1-3-39-35-29(24-14-8-5-9-15-24)32(28(30(35)36)23-12-6-4-7-13-23)26-16-10-11-17-27(26)33-31(32)34-40(37,38)25-20-18-22(2)19-21-25/h4-21,28-29H,3H2,1-2H3,(H,33,34). The Hall–Kier alpha value is -4.27. The average Bonchev–Trinajstić information content (AvgIpc) is 3.41. The largest absolute Gasteiger partial charge is 0.342 e. The molecule has 202 valence electrons. The van der Waals surface area contributed by atoms with Crippen LogP contribution >= 0.6 is 0 Å². The van der Waals surface area contributed by atoms with E-state index in [0.29, 0.717) is 5.69 Å². The van der Waals surface area contributed by atoms with Gasteiger partial charge in [-0.3, -0.25) is 9.63 Å². The molecular weight excluding hydrogens is 522 g/mol. The number of nitrogens with zero attached hydrogens (tertiary/aromatic N) is 2. The maximum atomic E-state index is 14.4. The van der Waals surface area contributed by atoms with E-state index in [1.807, 2.05) is 98.8 Å². The Morgan fingerprint density at radius 2 is 1.45 bits per heavy atom. The molecule has 0 aromatic heterocycles. The first-order valence-electron chi connectivity index (χ1n) is 13.2.